The van der Waals surface area contributed by atoms with Crippen molar-refractivity contribution in [1.82, 2.24) is 24.7 Å². The van der Waals surface area contributed by atoms with Gasteiger partial charge in [0, 0.05) is 18.5 Å². The van der Waals surface area contributed by atoms with Crippen LogP contribution in [0.2, 0.25) is 5.15 Å². The minimum absolute atomic E-state index is 0.228. The van der Waals surface area contributed by atoms with E-state index in [1.807, 2.05) is 18.5 Å². The lowest BCUT2D eigenvalue weighted by molar-refractivity contribution is 0.536. The maximum Gasteiger partial charge on any atom is 0.177 e. The zero-order valence-corrected chi connectivity index (χ0v) is 11.5. The fourth-order valence-corrected chi connectivity index (χ4v) is 1.93. The summed E-state index contributed by atoms with van der Waals surface area (Å²) >= 11 is 6.03. The van der Waals surface area contributed by atoms with Crippen molar-refractivity contribution in [3.63, 3.8) is 0 Å². The summed E-state index contributed by atoms with van der Waals surface area (Å²) in [5.74, 6) is 1.48. The van der Waals surface area contributed by atoms with Gasteiger partial charge in [0.05, 0.1) is 0 Å². The van der Waals surface area contributed by atoms with Crippen LogP contribution in [0.15, 0.2) is 12.4 Å². The Morgan fingerprint density at radius 3 is 2.78 bits per heavy atom. The van der Waals surface area contributed by atoms with Crippen molar-refractivity contribution in [2.75, 3.05) is 0 Å². The van der Waals surface area contributed by atoms with Crippen LogP contribution in [0.4, 0.5) is 0 Å². The van der Waals surface area contributed by atoms with Gasteiger partial charge in [0.25, 0.3) is 0 Å². The summed E-state index contributed by atoms with van der Waals surface area (Å²) in [7, 11) is 0. The summed E-state index contributed by atoms with van der Waals surface area (Å²) in [6, 6.07) is 1.95. The van der Waals surface area contributed by atoms with E-state index in [4.69, 9.17) is 11.6 Å². The van der Waals surface area contributed by atoms with Crippen LogP contribution in [-0.4, -0.2) is 24.7 Å². The zero-order valence-electron chi connectivity index (χ0n) is 10.8. The molecule has 2 rings (SSSR count). The second-order valence-corrected chi connectivity index (χ2v) is 4.75. The van der Waals surface area contributed by atoms with Gasteiger partial charge < -0.3 is 0 Å². The summed E-state index contributed by atoms with van der Waals surface area (Å²) in [4.78, 5) is 12.9. The van der Waals surface area contributed by atoms with Gasteiger partial charge in [-0.1, -0.05) is 18.5 Å². The maximum atomic E-state index is 6.03. The number of hydrogen-bond donors (Lipinski definition) is 0. The van der Waals surface area contributed by atoms with E-state index < -0.39 is 0 Å². The molecule has 0 saturated heterocycles. The molecule has 0 spiro atoms. The predicted octanol–water partition coefficient (Wildman–Crippen LogP) is 2.92. The van der Waals surface area contributed by atoms with Crippen molar-refractivity contribution < 1.29 is 0 Å². The van der Waals surface area contributed by atoms with E-state index >= 15 is 0 Å². The molecule has 0 unspecified atom stereocenters. The lowest BCUT2D eigenvalue weighted by Gasteiger charge is -2.09. The first-order valence-electron chi connectivity index (χ1n) is 6.05. The van der Waals surface area contributed by atoms with E-state index in [1.54, 1.807) is 6.07 Å². The minimum atomic E-state index is 0.228. The van der Waals surface area contributed by atoms with Crippen LogP contribution in [0, 0.1) is 0 Å². The SMILES string of the molecule is CCCc1nc(Cl)cc(-c2ncnn2C(C)C)n1. The standard InChI is InChI=1S/C12H16ClN5/c1-4-5-11-16-9(6-10(13)17-11)12-14-7-15-18(12)8(2)3/h6-8H,4-5H2,1-3H3. The largest absolute Gasteiger partial charge is 0.242 e. The molecule has 0 aromatic carbocycles. The van der Waals surface area contributed by atoms with Crippen molar-refractivity contribution in [2.24, 2.45) is 0 Å². The molecule has 0 saturated carbocycles. The van der Waals surface area contributed by atoms with Gasteiger partial charge in [-0.05, 0) is 20.3 Å². The van der Waals surface area contributed by atoms with Gasteiger partial charge in [-0.3, -0.25) is 0 Å². The molecule has 0 N–H and O–H groups in total. The third kappa shape index (κ3) is 2.67. The van der Waals surface area contributed by atoms with Gasteiger partial charge in [-0.25, -0.2) is 19.6 Å². The molecule has 0 fully saturated rings. The molecule has 6 heteroatoms. The molecule has 0 amide bonds. The lowest BCUT2D eigenvalue weighted by Crippen LogP contribution is -2.07. The summed E-state index contributed by atoms with van der Waals surface area (Å²) in [5.41, 5.74) is 0.727. The third-order valence-corrected chi connectivity index (χ3v) is 2.70. The summed E-state index contributed by atoms with van der Waals surface area (Å²) in [6.45, 7) is 6.18. The van der Waals surface area contributed by atoms with Crippen LogP contribution < -0.4 is 0 Å². The van der Waals surface area contributed by atoms with Crippen LogP contribution in [-0.2, 0) is 6.42 Å². The van der Waals surface area contributed by atoms with Crippen LogP contribution >= 0.6 is 11.6 Å². The Morgan fingerprint density at radius 1 is 1.33 bits per heavy atom. The van der Waals surface area contributed by atoms with Crippen LogP contribution in [0.25, 0.3) is 11.5 Å². The Bertz CT molecular complexity index is 535. The molecule has 2 aromatic rings. The summed E-state index contributed by atoms with van der Waals surface area (Å²) < 4.78 is 1.83. The van der Waals surface area contributed by atoms with Gasteiger partial charge in [-0.2, -0.15) is 5.10 Å². The normalized spacial score (nSPS) is 11.2. The molecule has 2 heterocycles. The third-order valence-electron chi connectivity index (χ3n) is 2.51. The number of aryl methyl sites for hydroxylation is 1. The molecule has 2 aromatic heterocycles. The number of rotatable bonds is 4. The van der Waals surface area contributed by atoms with Crippen molar-refractivity contribution in [1.29, 1.82) is 0 Å². The van der Waals surface area contributed by atoms with E-state index in [-0.39, 0.29) is 6.04 Å². The molecule has 0 atom stereocenters. The van der Waals surface area contributed by atoms with Gasteiger partial charge in [0.15, 0.2) is 5.82 Å². The average molecular weight is 266 g/mol. The molecule has 96 valence electrons. The number of nitrogens with zero attached hydrogens (tertiary/aromatic N) is 5. The molecule has 0 aliphatic carbocycles. The molecule has 0 radical (unpaired) electrons. The van der Waals surface area contributed by atoms with E-state index in [0.717, 1.165) is 30.2 Å². The zero-order chi connectivity index (χ0) is 13.1. The molecule has 0 aliphatic heterocycles. The number of aromatic nitrogens is 5. The van der Waals surface area contributed by atoms with E-state index in [9.17, 15) is 0 Å². The maximum absolute atomic E-state index is 6.03. The molecular weight excluding hydrogens is 250 g/mol. The molecule has 0 aliphatic rings. The van der Waals surface area contributed by atoms with Crippen molar-refractivity contribution in [2.45, 2.75) is 39.7 Å². The van der Waals surface area contributed by atoms with Crippen molar-refractivity contribution in [3.8, 4) is 11.5 Å². The second-order valence-electron chi connectivity index (χ2n) is 4.36. The molecule has 18 heavy (non-hydrogen) atoms. The highest BCUT2D eigenvalue weighted by atomic mass is 35.5. The van der Waals surface area contributed by atoms with E-state index in [0.29, 0.717) is 5.15 Å². The molecule has 0 bridgehead atoms. The minimum Gasteiger partial charge on any atom is -0.242 e. The van der Waals surface area contributed by atoms with E-state index in [1.165, 1.54) is 6.33 Å². The fourth-order valence-electron chi connectivity index (χ4n) is 1.73. The Labute approximate surface area is 111 Å². The first-order chi connectivity index (χ1) is 8.61. The van der Waals surface area contributed by atoms with Crippen LogP contribution in [0.1, 0.15) is 39.1 Å². The summed E-state index contributed by atoms with van der Waals surface area (Å²) in [6.07, 6.45) is 3.32. The lowest BCUT2D eigenvalue weighted by atomic mass is 10.3. The Morgan fingerprint density at radius 2 is 2.11 bits per heavy atom. The highest BCUT2D eigenvalue weighted by molar-refractivity contribution is 6.29. The van der Waals surface area contributed by atoms with Crippen molar-refractivity contribution >= 4 is 11.6 Å². The van der Waals surface area contributed by atoms with Crippen LogP contribution in [0.5, 0.6) is 0 Å². The molecule has 5 nitrogen and oxygen atoms in total. The van der Waals surface area contributed by atoms with Gasteiger partial charge in [0.1, 0.15) is 23.0 Å². The quantitative estimate of drug-likeness (QED) is 0.798. The summed E-state index contributed by atoms with van der Waals surface area (Å²) in [5, 5.41) is 4.65. The first kappa shape index (κ1) is 13.0. The first-order valence-corrected chi connectivity index (χ1v) is 6.43. The van der Waals surface area contributed by atoms with Gasteiger partial charge >= 0.3 is 0 Å². The Kier molecular flexibility index (Phi) is 3.91. The average Bonchev–Trinajstić information content (AvgIpc) is 2.77. The monoisotopic (exact) mass is 265 g/mol. The van der Waals surface area contributed by atoms with Crippen molar-refractivity contribution in [3.05, 3.63) is 23.4 Å². The van der Waals surface area contributed by atoms with Gasteiger partial charge in [0.2, 0.25) is 0 Å². The Balaban J connectivity index is 2.46. The predicted molar refractivity (Wildman–Crippen MR) is 70.4 cm³/mol. The second kappa shape index (κ2) is 5.44. The smallest absolute Gasteiger partial charge is 0.177 e. The fraction of sp³-hybridized carbons (Fsp3) is 0.500. The Hall–Kier alpha value is -1.49. The molecular formula is C12H16ClN5. The highest BCUT2D eigenvalue weighted by Gasteiger charge is 2.13. The topological polar surface area (TPSA) is 56.5 Å². The highest BCUT2D eigenvalue weighted by Crippen LogP contribution is 2.20. The van der Waals surface area contributed by atoms with Crippen LogP contribution in [0.3, 0.4) is 0 Å². The number of hydrogen-bond acceptors (Lipinski definition) is 4. The van der Waals surface area contributed by atoms with Gasteiger partial charge in [-0.15, -0.1) is 0 Å². The number of halogens is 1. The van der Waals surface area contributed by atoms with E-state index in [2.05, 4.69) is 27.0 Å².